The Labute approximate surface area is 169 Å². The molecule has 1 saturated heterocycles. The van der Waals surface area contributed by atoms with Crippen LogP contribution in [0.2, 0.25) is 0 Å². The fourth-order valence-corrected chi connectivity index (χ4v) is 6.00. The van der Waals surface area contributed by atoms with Gasteiger partial charge in [0.2, 0.25) is 5.91 Å². The molecule has 1 aliphatic heterocycles. The van der Waals surface area contributed by atoms with Gasteiger partial charge in [-0.3, -0.25) is 4.79 Å². The number of ether oxygens (including phenoxy) is 2. The normalized spacial score (nSPS) is 17.4. The van der Waals surface area contributed by atoms with Crippen molar-refractivity contribution >= 4 is 27.3 Å². The minimum absolute atomic E-state index is 0.267. The van der Waals surface area contributed by atoms with Crippen molar-refractivity contribution in [3.05, 3.63) is 41.3 Å². The number of carbonyl (C=O) groups is 1. The molecule has 0 unspecified atom stereocenters. The van der Waals surface area contributed by atoms with Gasteiger partial charge < -0.3 is 14.8 Å². The first-order valence-electron chi connectivity index (χ1n) is 9.10. The summed E-state index contributed by atoms with van der Waals surface area (Å²) in [7, 11) is -2.08. The van der Waals surface area contributed by atoms with Crippen LogP contribution in [0.3, 0.4) is 0 Å². The van der Waals surface area contributed by atoms with E-state index in [0.717, 1.165) is 16.9 Å². The number of hydrogen-bond donors (Lipinski definition) is 1. The second-order valence-corrected chi connectivity index (χ2v) is 9.41. The number of nitrogens with zero attached hydrogens (tertiary/aromatic N) is 1. The van der Waals surface area contributed by atoms with Crippen molar-refractivity contribution in [3.63, 3.8) is 0 Å². The molecule has 3 rings (SSSR count). The number of hydrogen-bond acceptors (Lipinski definition) is 6. The maximum Gasteiger partial charge on any atom is 0.253 e. The Balaban J connectivity index is 1.67. The van der Waals surface area contributed by atoms with Crippen molar-refractivity contribution in [1.82, 2.24) is 9.62 Å². The lowest BCUT2D eigenvalue weighted by Crippen LogP contribution is -2.45. The SMILES string of the molecule is CCOc1ccc(CNC(=O)[C@@H]2CCCN2S(=O)(=O)c2cccs2)cc1OC. The second kappa shape index (κ2) is 8.93. The zero-order valence-electron chi connectivity index (χ0n) is 15.9. The van der Waals surface area contributed by atoms with Crippen molar-refractivity contribution < 1.29 is 22.7 Å². The maximum atomic E-state index is 12.8. The Hall–Kier alpha value is -2.10. The summed E-state index contributed by atoms with van der Waals surface area (Å²) in [6.45, 7) is 3.06. The van der Waals surface area contributed by atoms with E-state index in [-0.39, 0.29) is 16.7 Å². The molecule has 1 amide bonds. The van der Waals surface area contributed by atoms with Crippen LogP contribution < -0.4 is 14.8 Å². The molecule has 28 heavy (non-hydrogen) atoms. The molecule has 2 aromatic rings. The van der Waals surface area contributed by atoms with Gasteiger partial charge in [0.25, 0.3) is 10.0 Å². The number of nitrogens with one attached hydrogen (secondary N) is 1. The quantitative estimate of drug-likeness (QED) is 0.704. The van der Waals surface area contributed by atoms with E-state index in [2.05, 4.69) is 5.32 Å². The monoisotopic (exact) mass is 424 g/mol. The van der Waals surface area contributed by atoms with Crippen molar-refractivity contribution in [2.45, 2.75) is 36.6 Å². The van der Waals surface area contributed by atoms with Crippen molar-refractivity contribution in [2.75, 3.05) is 20.3 Å². The van der Waals surface area contributed by atoms with Crippen molar-refractivity contribution in [1.29, 1.82) is 0 Å². The summed E-state index contributed by atoms with van der Waals surface area (Å²) in [4.78, 5) is 12.7. The van der Waals surface area contributed by atoms with E-state index in [4.69, 9.17) is 9.47 Å². The fourth-order valence-electron chi connectivity index (χ4n) is 3.22. The van der Waals surface area contributed by atoms with Gasteiger partial charge in [-0.1, -0.05) is 12.1 Å². The van der Waals surface area contributed by atoms with Gasteiger partial charge in [-0.15, -0.1) is 11.3 Å². The summed E-state index contributed by atoms with van der Waals surface area (Å²) >= 11 is 1.16. The first kappa shape index (κ1) is 20.6. The molecule has 1 aromatic carbocycles. The Morgan fingerprint density at radius 3 is 2.82 bits per heavy atom. The van der Waals surface area contributed by atoms with Crippen molar-refractivity contribution in [2.24, 2.45) is 0 Å². The molecule has 1 N–H and O–H groups in total. The van der Waals surface area contributed by atoms with Gasteiger partial charge in [-0.25, -0.2) is 8.42 Å². The average molecular weight is 425 g/mol. The number of benzene rings is 1. The van der Waals surface area contributed by atoms with Gasteiger partial charge in [-0.2, -0.15) is 4.31 Å². The lowest BCUT2D eigenvalue weighted by atomic mass is 10.1. The molecule has 0 aliphatic carbocycles. The molecule has 7 nitrogen and oxygen atoms in total. The van der Waals surface area contributed by atoms with Crippen LogP contribution in [0.4, 0.5) is 0 Å². The van der Waals surface area contributed by atoms with Gasteiger partial charge in [0, 0.05) is 13.1 Å². The maximum absolute atomic E-state index is 12.8. The molecule has 1 atom stereocenters. The fraction of sp³-hybridized carbons (Fsp3) is 0.421. The molecule has 0 radical (unpaired) electrons. The third-order valence-electron chi connectivity index (χ3n) is 4.56. The predicted octanol–water partition coefficient (Wildman–Crippen LogP) is 2.62. The van der Waals surface area contributed by atoms with Gasteiger partial charge >= 0.3 is 0 Å². The molecule has 152 valence electrons. The van der Waals surface area contributed by atoms with Gasteiger partial charge in [0.15, 0.2) is 11.5 Å². The number of sulfonamides is 1. The molecule has 2 heterocycles. The van der Waals surface area contributed by atoms with E-state index in [1.165, 1.54) is 4.31 Å². The summed E-state index contributed by atoms with van der Waals surface area (Å²) < 4.78 is 38.0. The Bertz CT molecular complexity index is 912. The predicted molar refractivity (Wildman–Crippen MR) is 107 cm³/mol. The molecular weight excluding hydrogens is 400 g/mol. The van der Waals surface area contributed by atoms with Crippen LogP contribution in [0.1, 0.15) is 25.3 Å². The Morgan fingerprint density at radius 1 is 1.32 bits per heavy atom. The highest BCUT2D eigenvalue weighted by Crippen LogP contribution is 2.30. The largest absolute Gasteiger partial charge is 0.493 e. The summed E-state index contributed by atoms with van der Waals surface area (Å²) in [6.07, 6.45) is 1.18. The first-order valence-corrected chi connectivity index (χ1v) is 11.4. The summed E-state index contributed by atoms with van der Waals surface area (Å²) in [5, 5.41) is 4.57. The van der Waals surface area contributed by atoms with E-state index < -0.39 is 16.1 Å². The molecular formula is C19H24N2O5S2. The lowest BCUT2D eigenvalue weighted by Gasteiger charge is -2.22. The zero-order chi connectivity index (χ0) is 20.1. The van der Waals surface area contributed by atoms with Crippen LogP contribution in [0, 0.1) is 0 Å². The van der Waals surface area contributed by atoms with Gasteiger partial charge in [-0.05, 0) is 48.9 Å². The number of methoxy groups -OCH3 is 1. The number of thiophene rings is 1. The van der Waals surface area contributed by atoms with Crippen LogP contribution in [-0.2, 0) is 21.4 Å². The van der Waals surface area contributed by atoms with Crippen LogP contribution in [-0.4, -0.2) is 44.9 Å². The Kier molecular flexibility index (Phi) is 6.58. The Morgan fingerprint density at radius 2 is 2.14 bits per heavy atom. The summed E-state index contributed by atoms with van der Waals surface area (Å²) in [6, 6.07) is 8.04. The first-order chi connectivity index (χ1) is 13.5. The van der Waals surface area contributed by atoms with Gasteiger partial charge in [0.05, 0.1) is 13.7 Å². The summed E-state index contributed by atoms with van der Waals surface area (Å²) in [5.74, 6) is 0.950. The molecule has 1 aliphatic rings. The van der Waals surface area contributed by atoms with Crippen LogP contribution in [0.25, 0.3) is 0 Å². The topological polar surface area (TPSA) is 84.9 Å². The van der Waals surface area contributed by atoms with Crippen LogP contribution in [0.5, 0.6) is 11.5 Å². The number of amides is 1. The third-order valence-corrected chi connectivity index (χ3v) is 7.84. The second-order valence-electron chi connectivity index (χ2n) is 6.34. The third kappa shape index (κ3) is 4.31. The lowest BCUT2D eigenvalue weighted by molar-refractivity contribution is -0.124. The number of carbonyl (C=O) groups excluding carboxylic acids is 1. The van der Waals surface area contributed by atoms with Gasteiger partial charge in [0.1, 0.15) is 10.3 Å². The molecule has 9 heteroatoms. The van der Waals surface area contributed by atoms with Crippen LogP contribution in [0.15, 0.2) is 39.9 Å². The van der Waals surface area contributed by atoms with E-state index in [1.54, 1.807) is 36.8 Å². The van der Waals surface area contributed by atoms with E-state index in [9.17, 15) is 13.2 Å². The summed E-state index contributed by atoms with van der Waals surface area (Å²) in [5.41, 5.74) is 0.847. The minimum atomic E-state index is -3.64. The minimum Gasteiger partial charge on any atom is -0.493 e. The van der Waals surface area contributed by atoms with E-state index in [1.807, 2.05) is 13.0 Å². The highest BCUT2D eigenvalue weighted by molar-refractivity contribution is 7.91. The average Bonchev–Trinajstić information content (AvgIpc) is 3.39. The molecule has 0 saturated carbocycles. The molecule has 0 bridgehead atoms. The molecule has 1 fully saturated rings. The van der Waals surface area contributed by atoms with E-state index >= 15 is 0 Å². The molecule has 0 spiro atoms. The molecule has 1 aromatic heterocycles. The number of rotatable bonds is 8. The highest BCUT2D eigenvalue weighted by atomic mass is 32.2. The highest BCUT2D eigenvalue weighted by Gasteiger charge is 2.39. The van der Waals surface area contributed by atoms with Crippen molar-refractivity contribution in [3.8, 4) is 11.5 Å². The van der Waals surface area contributed by atoms with E-state index in [0.29, 0.717) is 37.5 Å². The van der Waals surface area contributed by atoms with Crippen LogP contribution >= 0.6 is 11.3 Å². The zero-order valence-corrected chi connectivity index (χ0v) is 17.5. The standard InChI is InChI=1S/C19H24N2O5S2/c1-3-26-16-9-8-14(12-17(16)25-2)13-20-19(22)15-6-4-10-21(15)28(23,24)18-7-5-11-27-18/h5,7-9,11-12,15H,3-4,6,10,13H2,1-2H3,(H,20,22)/t15-/m0/s1. The smallest absolute Gasteiger partial charge is 0.253 e.